The van der Waals surface area contributed by atoms with E-state index in [0.29, 0.717) is 12.8 Å². The molecule has 1 amide bonds. The molecule has 0 spiro atoms. The number of unbranched alkanes of at least 4 members (excludes halogenated alkanes) is 15. The summed E-state index contributed by atoms with van der Waals surface area (Å²) in [4.78, 5) is 45.7. The van der Waals surface area contributed by atoms with E-state index in [9.17, 15) is 34.1 Å². The van der Waals surface area contributed by atoms with Crippen LogP contribution in [-0.4, -0.2) is 64.9 Å². The number of phosphoric acid groups is 1. The van der Waals surface area contributed by atoms with Gasteiger partial charge in [0, 0.05) is 12.8 Å². The maximum Gasteiger partial charge on any atom is 0.472 e. The zero-order valence-electron chi connectivity index (χ0n) is 30.9. The lowest BCUT2D eigenvalue weighted by molar-refractivity contribution is -0.147. The number of aliphatic carboxylic acids is 1. The van der Waals surface area contributed by atoms with Crippen LogP contribution in [0.4, 0.5) is 0 Å². The maximum atomic E-state index is 12.2. The Morgan fingerprint density at radius 3 is 1.72 bits per heavy atom. The van der Waals surface area contributed by atoms with Crippen molar-refractivity contribution in [2.45, 2.75) is 167 Å². The molecule has 4 N–H and O–H groups in total. The van der Waals surface area contributed by atoms with Crippen molar-refractivity contribution in [2.75, 3.05) is 19.8 Å². The lowest BCUT2D eigenvalue weighted by Gasteiger charge is -2.18. The Hall–Kier alpha value is -2.30. The smallest absolute Gasteiger partial charge is 0.472 e. The molecule has 290 valence electrons. The number of hydrogen-bond acceptors (Lipinski definition) is 8. The van der Waals surface area contributed by atoms with Crippen LogP contribution in [-0.2, 0) is 32.7 Å². The highest BCUT2D eigenvalue weighted by atomic mass is 31.2. The number of nitrogens with one attached hydrogen (secondary N) is 1. The lowest BCUT2D eigenvalue weighted by Crippen LogP contribution is -2.43. The monoisotopic (exact) mass is 729 g/mol. The first-order valence-electron chi connectivity index (χ1n) is 19.0. The van der Waals surface area contributed by atoms with E-state index in [0.717, 1.165) is 89.9 Å². The van der Waals surface area contributed by atoms with Gasteiger partial charge in [-0.25, -0.2) is 9.36 Å². The molecule has 0 aliphatic heterocycles. The molecule has 0 aromatic carbocycles. The molecule has 0 saturated carbocycles. The Bertz CT molecular complexity index is 1000. The average molecular weight is 730 g/mol. The van der Waals surface area contributed by atoms with Gasteiger partial charge in [-0.1, -0.05) is 115 Å². The van der Waals surface area contributed by atoms with E-state index in [1.165, 1.54) is 25.7 Å². The number of phosphoric ester groups is 1. The molecule has 0 aromatic rings. The van der Waals surface area contributed by atoms with Crippen LogP contribution in [0.5, 0.6) is 0 Å². The van der Waals surface area contributed by atoms with Gasteiger partial charge >= 0.3 is 19.8 Å². The highest BCUT2D eigenvalue weighted by Crippen LogP contribution is 2.43. The Morgan fingerprint density at radius 2 is 1.14 bits per heavy atom. The van der Waals surface area contributed by atoms with Gasteiger partial charge in [-0.15, -0.1) is 0 Å². The standard InChI is InChI=1S/C38H68NO10P/c1-3-5-7-9-11-13-15-17-19-21-23-25-27-29-36(41)39-35(38(43)44)33-49-50(45,46)48-32-34(40)31-47-37(42)30-28-26-24-22-20-18-16-14-12-10-8-6-4-2/h7,9,13-16,34-35,40H,3-6,8,10-12,17-33H2,1-2H3,(H,39,41)(H,43,44)(H,45,46)/b9-7-,15-13-,16-14-. The second-order valence-electron chi connectivity index (χ2n) is 12.8. The number of allylic oxidation sites excluding steroid dienone is 6. The van der Waals surface area contributed by atoms with Gasteiger partial charge in [-0.3, -0.25) is 18.6 Å². The fraction of sp³-hybridized carbons (Fsp3) is 0.763. The normalized spacial score (nSPS) is 14.3. The summed E-state index contributed by atoms with van der Waals surface area (Å²) in [5.41, 5.74) is 0. The molecule has 3 unspecified atom stereocenters. The van der Waals surface area contributed by atoms with Crippen molar-refractivity contribution in [1.82, 2.24) is 5.32 Å². The molecule has 0 bridgehead atoms. The highest BCUT2D eigenvalue weighted by molar-refractivity contribution is 7.47. The third-order valence-corrected chi connectivity index (χ3v) is 8.83. The number of carbonyl (C=O) groups is 3. The third kappa shape index (κ3) is 32.9. The Morgan fingerprint density at radius 1 is 0.640 bits per heavy atom. The zero-order valence-corrected chi connectivity index (χ0v) is 31.8. The summed E-state index contributed by atoms with van der Waals surface area (Å²) in [5, 5.41) is 21.7. The molecule has 12 heteroatoms. The van der Waals surface area contributed by atoms with Gasteiger partial charge in [-0.2, -0.15) is 0 Å². The summed E-state index contributed by atoms with van der Waals surface area (Å²) < 4.78 is 26.7. The molecule has 0 fully saturated rings. The van der Waals surface area contributed by atoms with Gasteiger partial charge in [0.2, 0.25) is 5.91 Å². The van der Waals surface area contributed by atoms with Crippen molar-refractivity contribution >= 4 is 25.7 Å². The number of carbonyl (C=O) groups excluding carboxylic acids is 2. The van der Waals surface area contributed by atoms with Crippen molar-refractivity contribution < 1.29 is 47.8 Å². The number of rotatable bonds is 35. The van der Waals surface area contributed by atoms with Crippen molar-refractivity contribution in [3.8, 4) is 0 Å². The van der Waals surface area contributed by atoms with Crippen LogP contribution < -0.4 is 5.32 Å². The average Bonchev–Trinajstić information content (AvgIpc) is 3.08. The van der Waals surface area contributed by atoms with Gasteiger partial charge in [0.1, 0.15) is 12.7 Å². The van der Waals surface area contributed by atoms with E-state index in [1.807, 2.05) is 0 Å². The first kappa shape index (κ1) is 47.7. The molecular formula is C38H68NO10P. The van der Waals surface area contributed by atoms with Crippen LogP contribution in [0.1, 0.15) is 155 Å². The third-order valence-electron chi connectivity index (χ3n) is 7.88. The molecule has 50 heavy (non-hydrogen) atoms. The molecular weight excluding hydrogens is 661 g/mol. The molecule has 0 saturated heterocycles. The van der Waals surface area contributed by atoms with E-state index in [2.05, 4.69) is 55.6 Å². The van der Waals surface area contributed by atoms with Crippen LogP contribution >= 0.6 is 7.82 Å². The van der Waals surface area contributed by atoms with Crippen molar-refractivity contribution in [2.24, 2.45) is 0 Å². The summed E-state index contributed by atoms with van der Waals surface area (Å²) >= 11 is 0. The predicted octanol–water partition coefficient (Wildman–Crippen LogP) is 8.88. The quantitative estimate of drug-likeness (QED) is 0.0214. The van der Waals surface area contributed by atoms with Gasteiger partial charge < -0.3 is 25.2 Å². The summed E-state index contributed by atoms with van der Waals surface area (Å²) in [6.07, 6.45) is 33.2. The van der Waals surface area contributed by atoms with Gasteiger partial charge in [0.15, 0.2) is 6.04 Å². The lowest BCUT2D eigenvalue weighted by atomic mass is 10.1. The van der Waals surface area contributed by atoms with Gasteiger partial charge in [-0.05, 0) is 64.2 Å². The van der Waals surface area contributed by atoms with E-state index >= 15 is 0 Å². The number of carboxylic acids is 1. The molecule has 0 aliphatic rings. The minimum atomic E-state index is -4.75. The van der Waals surface area contributed by atoms with Crippen LogP contribution in [0, 0.1) is 0 Å². The summed E-state index contributed by atoms with van der Waals surface area (Å²) in [7, 11) is -4.75. The summed E-state index contributed by atoms with van der Waals surface area (Å²) in [5.74, 6) is -2.41. The number of amides is 1. The van der Waals surface area contributed by atoms with Crippen LogP contribution in [0.2, 0.25) is 0 Å². The highest BCUT2D eigenvalue weighted by Gasteiger charge is 2.28. The predicted molar refractivity (Wildman–Crippen MR) is 199 cm³/mol. The van der Waals surface area contributed by atoms with E-state index in [4.69, 9.17) is 13.8 Å². The maximum absolute atomic E-state index is 12.2. The molecule has 0 radical (unpaired) electrons. The Balaban J connectivity index is 4.00. The summed E-state index contributed by atoms with van der Waals surface area (Å²) in [6.45, 7) is 2.46. The van der Waals surface area contributed by atoms with Crippen molar-refractivity contribution in [1.29, 1.82) is 0 Å². The Kier molecular flexibility index (Phi) is 32.3. The first-order chi connectivity index (χ1) is 24.1. The zero-order chi connectivity index (χ0) is 37.1. The van der Waals surface area contributed by atoms with E-state index < -0.39 is 57.6 Å². The molecule has 0 heterocycles. The van der Waals surface area contributed by atoms with Gasteiger partial charge in [0.25, 0.3) is 0 Å². The molecule has 0 aromatic heterocycles. The topological polar surface area (TPSA) is 169 Å². The molecule has 0 rings (SSSR count). The number of hydrogen-bond donors (Lipinski definition) is 4. The number of carboxylic acid groups (broad SMARTS) is 1. The largest absolute Gasteiger partial charge is 0.480 e. The van der Waals surface area contributed by atoms with Gasteiger partial charge in [0.05, 0.1) is 13.2 Å². The fourth-order valence-electron chi connectivity index (χ4n) is 4.87. The van der Waals surface area contributed by atoms with E-state index in [-0.39, 0.29) is 12.8 Å². The minimum Gasteiger partial charge on any atom is -0.480 e. The second kappa shape index (κ2) is 33.8. The number of esters is 1. The molecule has 0 aliphatic carbocycles. The van der Waals surface area contributed by atoms with Crippen LogP contribution in [0.25, 0.3) is 0 Å². The van der Waals surface area contributed by atoms with E-state index in [1.54, 1.807) is 0 Å². The van der Waals surface area contributed by atoms with Crippen LogP contribution in [0.15, 0.2) is 36.5 Å². The van der Waals surface area contributed by atoms with Crippen LogP contribution in [0.3, 0.4) is 0 Å². The Labute approximate surface area is 301 Å². The minimum absolute atomic E-state index is 0.128. The molecule has 3 atom stereocenters. The number of aliphatic hydroxyl groups is 1. The second-order valence-corrected chi connectivity index (χ2v) is 14.2. The molecule has 11 nitrogen and oxygen atoms in total. The van der Waals surface area contributed by atoms with Crippen molar-refractivity contribution in [3.05, 3.63) is 36.5 Å². The number of ether oxygens (including phenoxy) is 1. The van der Waals surface area contributed by atoms with Crippen molar-refractivity contribution in [3.63, 3.8) is 0 Å². The summed E-state index contributed by atoms with van der Waals surface area (Å²) in [6, 6.07) is -1.55. The fourth-order valence-corrected chi connectivity index (χ4v) is 5.65. The first-order valence-corrected chi connectivity index (χ1v) is 20.5. The SMILES string of the molecule is CCC/C=C\C/C=C\CCCCCCCC(=O)NC(COP(=O)(O)OCC(O)COC(=O)CCCCCCC/C=C\CCCCCC)C(=O)O. The number of aliphatic hydroxyl groups excluding tert-OH is 1.